The number of furan rings is 1. The minimum absolute atomic E-state index is 0.0655. The van der Waals surface area contributed by atoms with Crippen LogP contribution in [0.25, 0.3) is 11.0 Å². The van der Waals surface area contributed by atoms with Crippen molar-refractivity contribution in [2.24, 2.45) is 0 Å². The highest BCUT2D eigenvalue weighted by atomic mass is 16.3. The van der Waals surface area contributed by atoms with Crippen LogP contribution >= 0.6 is 0 Å². The van der Waals surface area contributed by atoms with Crippen LogP contribution < -0.4 is 0 Å². The molecule has 1 amide bonds. The second kappa shape index (κ2) is 4.88. The third-order valence-corrected chi connectivity index (χ3v) is 3.46. The van der Waals surface area contributed by atoms with Gasteiger partial charge in [0.25, 0.3) is 0 Å². The van der Waals surface area contributed by atoms with Gasteiger partial charge < -0.3 is 9.32 Å². The summed E-state index contributed by atoms with van der Waals surface area (Å²) in [6.45, 7) is 0.795. The Kier molecular flexibility index (Phi) is 3.07. The molecule has 0 N–H and O–H groups in total. The number of fused-ring (bicyclic) bond motifs is 1. The smallest absolute Gasteiger partial charge is 0.222 e. The molecule has 3 rings (SSSR count). The zero-order valence-corrected chi connectivity index (χ0v) is 10.6. The maximum Gasteiger partial charge on any atom is 0.222 e. The molecule has 0 aliphatic carbocycles. The number of amides is 1. The molecular formula is C15H15NO3. The second-order valence-corrected chi connectivity index (χ2v) is 4.84. The van der Waals surface area contributed by atoms with Gasteiger partial charge in [-0.25, -0.2) is 0 Å². The molecule has 0 unspecified atom stereocenters. The van der Waals surface area contributed by atoms with Crippen LogP contribution in [-0.2, 0) is 4.79 Å². The number of carbonyl (C=O) groups is 2. The number of ketones is 1. The number of hydrogen-bond acceptors (Lipinski definition) is 3. The van der Waals surface area contributed by atoms with Crippen LogP contribution in [0.5, 0.6) is 0 Å². The van der Waals surface area contributed by atoms with Crippen LogP contribution in [0.3, 0.4) is 0 Å². The Balaban J connectivity index is 1.77. The molecule has 1 fully saturated rings. The molecule has 4 nitrogen and oxygen atoms in total. The van der Waals surface area contributed by atoms with Gasteiger partial charge >= 0.3 is 0 Å². The van der Waals surface area contributed by atoms with Gasteiger partial charge in [-0.3, -0.25) is 9.59 Å². The van der Waals surface area contributed by atoms with E-state index in [2.05, 4.69) is 0 Å². The van der Waals surface area contributed by atoms with Crippen LogP contribution in [-0.4, -0.2) is 29.7 Å². The lowest BCUT2D eigenvalue weighted by molar-refractivity contribution is -0.132. The third kappa shape index (κ3) is 2.38. The number of nitrogens with zero attached hydrogens (tertiary/aromatic N) is 1. The van der Waals surface area contributed by atoms with Gasteiger partial charge in [-0.1, -0.05) is 18.2 Å². The average Bonchev–Trinajstić information content (AvgIpc) is 2.85. The molecule has 0 saturated carbocycles. The molecule has 19 heavy (non-hydrogen) atoms. The minimum atomic E-state index is -0.133. The van der Waals surface area contributed by atoms with Crippen LogP contribution in [0.15, 0.2) is 34.7 Å². The number of likely N-dealkylation sites (tertiary alicyclic amines) is 1. The first-order valence-corrected chi connectivity index (χ1v) is 6.53. The number of hydrogen-bond donors (Lipinski definition) is 0. The number of rotatable bonds is 3. The topological polar surface area (TPSA) is 50.5 Å². The summed E-state index contributed by atoms with van der Waals surface area (Å²) in [5.74, 6) is 0.265. The van der Waals surface area contributed by atoms with E-state index >= 15 is 0 Å². The predicted molar refractivity (Wildman–Crippen MR) is 71.0 cm³/mol. The van der Waals surface area contributed by atoms with Crippen LogP contribution in [0.1, 0.15) is 29.8 Å². The summed E-state index contributed by atoms with van der Waals surface area (Å²) < 4.78 is 5.52. The largest absolute Gasteiger partial charge is 0.453 e. The standard InChI is InChI=1S/C15H15NO3/c17-12(10-16-8-4-3-7-15(16)18)14-9-11-5-1-2-6-13(11)19-14/h1-2,5-6,9H,3-4,7-8,10H2. The molecule has 1 aliphatic heterocycles. The molecule has 98 valence electrons. The zero-order valence-electron chi connectivity index (χ0n) is 10.6. The molecule has 1 aliphatic rings. The lowest BCUT2D eigenvalue weighted by Gasteiger charge is -2.25. The van der Waals surface area contributed by atoms with E-state index in [0.717, 1.165) is 18.2 Å². The number of Topliss-reactive ketones (excluding diaryl/α,β-unsaturated/α-hetero) is 1. The molecule has 0 radical (unpaired) electrons. The van der Waals surface area contributed by atoms with E-state index in [-0.39, 0.29) is 18.2 Å². The molecule has 2 aromatic rings. The Morgan fingerprint density at radius 3 is 2.89 bits per heavy atom. The number of carbonyl (C=O) groups excluding carboxylic acids is 2. The summed E-state index contributed by atoms with van der Waals surface area (Å²) in [5.41, 5.74) is 0.704. The fraction of sp³-hybridized carbons (Fsp3) is 0.333. The van der Waals surface area contributed by atoms with E-state index in [0.29, 0.717) is 24.3 Å². The molecule has 0 spiro atoms. The molecule has 0 atom stereocenters. The summed E-state index contributed by atoms with van der Waals surface area (Å²) in [7, 11) is 0. The Bertz CT molecular complexity index is 596. The minimum Gasteiger partial charge on any atom is -0.453 e. The number of piperidine rings is 1. The maximum absolute atomic E-state index is 12.1. The molecule has 4 heteroatoms. The van der Waals surface area contributed by atoms with E-state index in [1.165, 1.54) is 0 Å². The highest BCUT2D eigenvalue weighted by molar-refractivity contribution is 6.00. The Labute approximate surface area is 111 Å². The summed E-state index contributed by atoms with van der Waals surface area (Å²) >= 11 is 0. The van der Waals surface area contributed by atoms with Gasteiger partial charge in [-0.05, 0) is 25.0 Å². The summed E-state index contributed by atoms with van der Waals surface area (Å²) in [4.78, 5) is 25.4. The Hall–Kier alpha value is -2.10. The molecule has 2 heterocycles. The average molecular weight is 257 g/mol. The summed E-state index contributed by atoms with van der Waals surface area (Å²) in [5, 5.41) is 0.913. The first-order chi connectivity index (χ1) is 9.24. The monoisotopic (exact) mass is 257 g/mol. The molecule has 0 bridgehead atoms. The van der Waals surface area contributed by atoms with Crippen molar-refractivity contribution in [1.82, 2.24) is 4.90 Å². The second-order valence-electron chi connectivity index (χ2n) is 4.84. The zero-order chi connectivity index (χ0) is 13.2. The van der Waals surface area contributed by atoms with E-state index in [4.69, 9.17) is 4.42 Å². The highest BCUT2D eigenvalue weighted by Crippen LogP contribution is 2.20. The fourth-order valence-corrected chi connectivity index (χ4v) is 2.40. The lowest BCUT2D eigenvalue weighted by atomic mass is 10.1. The van der Waals surface area contributed by atoms with Gasteiger partial charge in [0.2, 0.25) is 11.7 Å². The first kappa shape index (κ1) is 12.0. The van der Waals surface area contributed by atoms with Gasteiger partial charge in [0.05, 0.1) is 6.54 Å². The van der Waals surface area contributed by atoms with Crippen LogP contribution in [0.4, 0.5) is 0 Å². The normalized spacial score (nSPS) is 16.0. The Morgan fingerprint density at radius 2 is 2.11 bits per heavy atom. The maximum atomic E-state index is 12.1. The molecular weight excluding hydrogens is 242 g/mol. The van der Waals surface area contributed by atoms with Crippen LogP contribution in [0, 0.1) is 0 Å². The van der Waals surface area contributed by atoms with Crippen molar-refractivity contribution in [2.45, 2.75) is 19.3 Å². The quantitative estimate of drug-likeness (QED) is 0.794. The Morgan fingerprint density at radius 1 is 1.26 bits per heavy atom. The van der Waals surface area contributed by atoms with Gasteiger partial charge in [0.15, 0.2) is 5.76 Å². The van der Waals surface area contributed by atoms with Crippen molar-refractivity contribution >= 4 is 22.7 Å². The molecule has 1 saturated heterocycles. The molecule has 1 aromatic heterocycles. The predicted octanol–water partition coefficient (Wildman–Crippen LogP) is 2.63. The fourth-order valence-electron chi connectivity index (χ4n) is 2.40. The van der Waals surface area contributed by atoms with Crippen molar-refractivity contribution in [3.8, 4) is 0 Å². The SMILES string of the molecule is O=C(CN1CCCCC1=O)c1cc2ccccc2o1. The van der Waals surface area contributed by atoms with Gasteiger partial charge in [-0.15, -0.1) is 0 Å². The highest BCUT2D eigenvalue weighted by Gasteiger charge is 2.22. The number of benzene rings is 1. The van der Waals surface area contributed by atoms with Crippen LogP contribution in [0.2, 0.25) is 0 Å². The van der Waals surface area contributed by atoms with Crippen molar-refractivity contribution < 1.29 is 14.0 Å². The summed E-state index contributed by atoms with van der Waals surface area (Å²) in [6, 6.07) is 9.25. The molecule has 1 aromatic carbocycles. The van der Waals surface area contributed by atoms with Crippen molar-refractivity contribution in [2.75, 3.05) is 13.1 Å². The van der Waals surface area contributed by atoms with Gasteiger partial charge in [0, 0.05) is 18.4 Å². The van der Waals surface area contributed by atoms with Crippen molar-refractivity contribution in [3.05, 3.63) is 36.1 Å². The van der Waals surface area contributed by atoms with Crippen molar-refractivity contribution in [1.29, 1.82) is 0 Å². The van der Waals surface area contributed by atoms with E-state index in [1.54, 1.807) is 11.0 Å². The van der Waals surface area contributed by atoms with E-state index < -0.39 is 0 Å². The number of para-hydroxylation sites is 1. The van der Waals surface area contributed by atoms with Gasteiger partial charge in [0.1, 0.15) is 5.58 Å². The summed E-state index contributed by atoms with van der Waals surface area (Å²) in [6.07, 6.45) is 2.45. The first-order valence-electron chi connectivity index (χ1n) is 6.53. The van der Waals surface area contributed by atoms with Crippen molar-refractivity contribution in [3.63, 3.8) is 0 Å². The van der Waals surface area contributed by atoms with E-state index in [9.17, 15) is 9.59 Å². The van der Waals surface area contributed by atoms with E-state index in [1.807, 2.05) is 24.3 Å². The third-order valence-electron chi connectivity index (χ3n) is 3.46. The lowest BCUT2D eigenvalue weighted by Crippen LogP contribution is -2.38. The van der Waals surface area contributed by atoms with Gasteiger partial charge in [-0.2, -0.15) is 0 Å².